The summed E-state index contributed by atoms with van der Waals surface area (Å²) in [6.07, 6.45) is 14.8. The van der Waals surface area contributed by atoms with Gasteiger partial charge in [-0.25, -0.2) is 0 Å². The molecule has 3 aliphatic carbocycles. The van der Waals surface area contributed by atoms with Crippen LogP contribution < -0.4 is 0 Å². The van der Waals surface area contributed by atoms with Crippen molar-refractivity contribution in [1.82, 2.24) is 0 Å². The summed E-state index contributed by atoms with van der Waals surface area (Å²) in [7, 11) is 0. The summed E-state index contributed by atoms with van der Waals surface area (Å²) >= 11 is 0. The van der Waals surface area contributed by atoms with Gasteiger partial charge < -0.3 is 5.11 Å². The Labute approximate surface area is 126 Å². The van der Waals surface area contributed by atoms with Gasteiger partial charge in [0.25, 0.3) is 0 Å². The molecule has 1 nitrogen and oxygen atoms in total. The van der Waals surface area contributed by atoms with Gasteiger partial charge in [0.2, 0.25) is 0 Å². The van der Waals surface area contributed by atoms with E-state index in [1.54, 1.807) is 5.57 Å². The molecule has 1 heteroatoms. The number of aromatic hydroxyl groups is 1. The second-order valence-corrected chi connectivity index (χ2v) is 6.85. The van der Waals surface area contributed by atoms with Gasteiger partial charge in [0.1, 0.15) is 5.75 Å². The Morgan fingerprint density at radius 1 is 1.33 bits per heavy atom. The molecule has 4 rings (SSSR count). The summed E-state index contributed by atoms with van der Waals surface area (Å²) in [5.41, 5.74) is 5.68. The third kappa shape index (κ3) is 1.65. The standard InChI is InChI=1S/C20H20O/c1-3-14-5-9-19-18-7-4-13-12-15(21)6-8-16(13)17(18)10-11-20(14,19)2/h1,5-8,12,17,19,21H,4,9-11H2,2H3/t17-,19+,20-/m1/s1. The summed E-state index contributed by atoms with van der Waals surface area (Å²) in [6, 6.07) is 5.88. The average Bonchev–Trinajstić information content (AvgIpc) is 2.83. The lowest BCUT2D eigenvalue weighted by molar-refractivity contribution is 0.224. The molecule has 0 saturated heterocycles. The first-order chi connectivity index (χ1) is 10.1. The van der Waals surface area contributed by atoms with Gasteiger partial charge in [-0.1, -0.05) is 36.6 Å². The lowest BCUT2D eigenvalue weighted by Gasteiger charge is -2.45. The van der Waals surface area contributed by atoms with Crippen molar-refractivity contribution in [1.29, 1.82) is 0 Å². The molecular weight excluding hydrogens is 256 g/mol. The number of hydrogen-bond donors (Lipinski definition) is 1. The predicted molar refractivity (Wildman–Crippen MR) is 85.0 cm³/mol. The molecule has 0 radical (unpaired) electrons. The summed E-state index contributed by atoms with van der Waals surface area (Å²) in [5, 5.41) is 9.69. The molecule has 106 valence electrons. The molecule has 0 spiro atoms. The van der Waals surface area contributed by atoms with Gasteiger partial charge in [-0.15, -0.1) is 6.42 Å². The maximum atomic E-state index is 9.69. The monoisotopic (exact) mass is 276 g/mol. The highest BCUT2D eigenvalue weighted by atomic mass is 16.3. The first-order valence-corrected chi connectivity index (χ1v) is 7.82. The highest BCUT2D eigenvalue weighted by Gasteiger charge is 2.48. The highest BCUT2D eigenvalue weighted by molar-refractivity contribution is 5.50. The van der Waals surface area contributed by atoms with Crippen molar-refractivity contribution in [3.63, 3.8) is 0 Å². The summed E-state index contributed by atoms with van der Waals surface area (Å²) in [6.45, 7) is 2.35. The Hall–Kier alpha value is -1.94. The van der Waals surface area contributed by atoms with Crippen LogP contribution in [0.1, 0.15) is 43.2 Å². The van der Waals surface area contributed by atoms with Crippen LogP contribution in [-0.2, 0) is 6.42 Å². The van der Waals surface area contributed by atoms with Gasteiger partial charge in [-0.05, 0) is 54.9 Å². The second-order valence-electron chi connectivity index (χ2n) is 6.85. The van der Waals surface area contributed by atoms with Crippen LogP contribution in [-0.4, -0.2) is 5.11 Å². The quantitative estimate of drug-likeness (QED) is 0.552. The Morgan fingerprint density at radius 2 is 2.19 bits per heavy atom. The van der Waals surface area contributed by atoms with Crippen LogP contribution in [0.3, 0.4) is 0 Å². The number of hydrogen-bond acceptors (Lipinski definition) is 1. The molecule has 0 unspecified atom stereocenters. The molecule has 1 saturated carbocycles. The van der Waals surface area contributed by atoms with Gasteiger partial charge in [-0.2, -0.15) is 0 Å². The van der Waals surface area contributed by atoms with Crippen molar-refractivity contribution in [2.45, 2.75) is 38.5 Å². The Bertz CT molecular complexity index is 716. The largest absolute Gasteiger partial charge is 0.508 e. The predicted octanol–water partition coefficient (Wildman–Crippen LogP) is 4.34. The molecule has 0 aromatic heterocycles. The van der Waals surface area contributed by atoms with Crippen LogP contribution in [0.4, 0.5) is 0 Å². The lowest BCUT2D eigenvalue weighted by atomic mass is 9.58. The Kier molecular flexibility index (Phi) is 2.60. The zero-order valence-corrected chi connectivity index (χ0v) is 12.4. The van der Waals surface area contributed by atoms with E-state index in [-0.39, 0.29) is 5.41 Å². The molecule has 1 aromatic rings. The molecular formula is C20H20O. The third-order valence-electron chi connectivity index (χ3n) is 5.91. The maximum Gasteiger partial charge on any atom is 0.115 e. The number of benzene rings is 1. The minimum Gasteiger partial charge on any atom is -0.508 e. The summed E-state index contributed by atoms with van der Waals surface area (Å²) in [5.74, 6) is 4.40. The van der Waals surface area contributed by atoms with Gasteiger partial charge in [0.05, 0.1) is 0 Å². The Balaban J connectivity index is 1.76. The zero-order chi connectivity index (χ0) is 14.6. The van der Waals surface area contributed by atoms with E-state index in [0.717, 1.165) is 25.7 Å². The van der Waals surface area contributed by atoms with Crippen LogP contribution in [0, 0.1) is 23.7 Å². The first kappa shape index (κ1) is 12.8. The minimum absolute atomic E-state index is 0.172. The van der Waals surface area contributed by atoms with Crippen molar-refractivity contribution < 1.29 is 5.11 Å². The van der Waals surface area contributed by atoms with E-state index < -0.39 is 0 Å². The maximum absolute atomic E-state index is 9.69. The molecule has 3 atom stereocenters. The van der Waals surface area contributed by atoms with E-state index in [1.807, 2.05) is 12.1 Å². The van der Waals surface area contributed by atoms with E-state index in [0.29, 0.717) is 17.6 Å². The number of allylic oxidation sites excluding steroid dienone is 4. The number of rotatable bonds is 0. The number of phenols is 1. The minimum atomic E-state index is 0.172. The highest BCUT2D eigenvalue weighted by Crippen LogP contribution is 2.59. The number of phenolic OH excluding ortho intramolecular Hbond substituents is 1. The second kappa shape index (κ2) is 4.28. The molecule has 0 amide bonds. The summed E-state index contributed by atoms with van der Waals surface area (Å²) < 4.78 is 0. The van der Waals surface area contributed by atoms with Gasteiger partial charge in [0.15, 0.2) is 0 Å². The zero-order valence-electron chi connectivity index (χ0n) is 12.4. The normalized spacial score (nSPS) is 33.1. The van der Waals surface area contributed by atoms with Gasteiger partial charge in [-0.3, -0.25) is 0 Å². The van der Waals surface area contributed by atoms with E-state index in [9.17, 15) is 5.11 Å². The van der Waals surface area contributed by atoms with Crippen LogP contribution >= 0.6 is 0 Å². The van der Waals surface area contributed by atoms with E-state index >= 15 is 0 Å². The van der Waals surface area contributed by atoms with Crippen molar-refractivity contribution >= 4 is 0 Å². The van der Waals surface area contributed by atoms with Crippen molar-refractivity contribution in [2.75, 3.05) is 0 Å². The van der Waals surface area contributed by atoms with E-state index in [4.69, 9.17) is 6.42 Å². The van der Waals surface area contributed by atoms with E-state index in [1.165, 1.54) is 16.7 Å². The van der Waals surface area contributed by atoms with Crippen LogP contribution in [0.25, 0.3) is 0 Å². The third-order valence-corrected chi connectivity index (χ3v) is 5.91. The summed E-state index contributed by atoms with van der Waals surface area (Å²) in [4.78, 5) is 0. The molecule has 3 aliphatic rings. The van der Waals surface area contributed by atoms with Crippen LogP contribution in [0.5, 0.6) is 5.75 Å². The van der Waals surface area contributed by atoms with Crippen LogP contribution in [0.15, 0.2) is 41.5 Å². The fourth-order valence-corrected chi connectivity index (χ4v) is 4.76. The molecule has 0 aliphatic heterocycles. The Morgan fingerprint density at radius 3 is 3.00 bits per heavy atom. The fourth-order valence-electron chi connectivity index (χ4n) is 4.76. The smallest absolute Gasteiger partial charge is 0.115 e. The first-order valence-electron chi connectivity index (χ1n) is 7.82. The van der Waals surface area contributed by atoms with Crippen molar-refractivity contribution in [2.24, 2.45) is 11.3 Å². The van der Waals surface area contributed by atoms with Crippen LogP contribution in [0.2, 0.25) is 0 Å². The average molecular weight is 276 g/mol. The molecule has 1 fully saturated rings. The molecule has 0 bridgehead atoms. The number of fused-ring (bicyclic) bond motifs is 5. The fraction of sp³-hybridized carbons (Fsp3) is 0.400. The SMILES string of the molecule is C#CC1=CC[C@H]2C3=CCc4cc(O)ccc4[C@H]3CC[C@]12C. The topological polar surface area (TPSA) is 20.2 Å². The van der Waals surface area contributed by atoms with Crippen molar-refractivity contribution in [3.8, 4) is 18.1 Å². The molecule has 21 heavy (non-hydrogen) atoms. The molecule has 1 N–H and O–H groups in total. The van der Waals surface area contributed by atoms with E-state index in [2.05, 4.69) is 31.1 Å². The van der Waals surface area contributed by atoms with Gasteiger partial charge in [0, 0.05) is 16.9 Å². The van der Waals surface area contributed by atoms with Gasteiger partial charge >= 0.3 is 0 Å². The number of terminal acetylenes is 1. The van der Waals surface area contributed by atoms with Crippen molar-refractivity contribution in [3.05, 3.63) is 52.6 Å². The lowest BCUT2D eigenvalue weighted by Crippen LogP contribution is -2.35. The molecule has 1 aromatic carbocycles. The molecule has 0 heterocycles.